The maximum atomic E-state index is 13.5. The number of rotatable bonds is 3. The zero-order valence-corrected chi connectivity index (χ0v) is 9.24. The van der Waals surface area contributed by atoms with E-state index in [1.54, 1.807) is 24.0 Å². The summed E-state index contributed by atoms with van der Waals surface area (Å²) in [7, 11) is 1.80. The number of aromatic nitrogens is 3. The van der Waals surface area contributed by atoms with Gasteiger partial charge in [0.15, 0.2) is 0 Å². The first-order chi connectivity index (χ1) is 7.68. The van der Waals surface area contributed by atoms with Gasteiger partial charge >= 0.3 is 0 Å². The van der Waals surface area contributed by atoms with Crippen LogP contribution in [-0.4, -0.2) is 15.0 Å². The molecule has 0 amide bonds. The van der Waals surface area contributed by atoms with Gasteiger partial charge in [-0.1, -0.05) is 17.3 Å². The fourth-order valence-corrected chi connectivity index (χ4v) is 1.51. The summed E-state index contributed by atoms with van der Waals surface area (Å²) in [5, 5.41) is 10.6. The van der Waals surface area contributed by atoms with Crippen LogP contribution < -0.4 is 5.32 Å². The lowest BCUT2D eigenvalue weighted by molar-refractivity contribution is 0.627. The molecule has 0 aliphatic heterocycles. The molecule has 0 saturated carbocycles. The summed E-state index contributed by atoms with van der Waals surface area (Å²) in [4.78, 5) is 0. The lowest BCUT2D eigenvalue weighted by atomic mass is 10.2. The Bertz CT molecular complexity index is 472. The Morgan fingerprint density at radius 3 is 2.88 bits per heavy atom. The molecule has 0 unspecified atom stereocenters. The van der Waals surface area contributed by atoms with Gasteiger partial charge in [0.1, 0.15) is 5.82 Å². The zero-order chi connectivity index (χ0) is 11.5. The molecule has 2 aromatic rings. The average molecular weight is 220 g/mol. The van der Waals surface area contributed by atoms with Crippen LogP contribution in [0.15, 0.2) is 24.4 Å². The Labute approximate surface area is 93.1 Å². The highest BCUT2D eigenvalue weighted by molar-refractivity contribution is 5.51. The van der Waals surface area contributed by atoms with Crippen LogP contribution in [-0.2, 0) is 13.6 Å². The number of hydrogen-bond donors (Lipinski definition) is 1. The second kappa shape index (κ2) is 4.30. The maximum Gasteiger partial charge on any atom is 0.146 e. The first kappa shape index (κ1) is 10.6. The van der Waals surface area contributed by atoms with Crippen LogP contribution in [0, 0.1) is 12.7 Å². The van der Waals surface area contributed by atoms with E-state index in [9.17, 15) is 4.39 Å². The van der Waals surface area contributed by atoms with E-state index in [0.717, 1.165) is 11.3 Å². The van der Waals surface area contributed by atoms with Crippen molar-refractivity contribution in [3.63, 3.8) is 0 Å². The molecule has 1 aromatic carbocycles. The standard InChI is InChI=1S/C11H13FN4/c1-8-4-3-5-10(12)11(8)13-6-9-7-14-15-16(9)2/h3-5,7,13H,6H2,1-2H3. The molecule has 0 atom stereocenters. The van der Waals surface area contributed by atoms with Gasteiger partial charge < -0.3 is 5.32 Å². The third kappa shape index (κ3) is 2.03. The lowest BCUT2D eigenvalue weighted by Crippen LogP contribution is -2.07. The number of aryl methyl sites for hydroxylation is 2. The number of halogens is 1. The molecule has 0 bridgehead atoms. The molecular formula is C11H13FN4. The van der Waals surface area contributed by atoms with Crippen LogP contribution in [0.4, 0.5) is 10.1 Å². The Kier molecular flexibility index (Phi) is 2.85. The van der Waals surface area contributed by atoms with Gasteiger partial charge in [-0.3, -0.25) is 4.68 Å². The highest BCUT2D eigenvalue weighted by Gasteiger charge is 2.05. The third-order valence-corrected chi connectivity index (χ3v) is 2.48. The van der Waals surface area contributed by atoms with Gasteiger partial charge in [0, 0.05) is 7.05 Å². The lowest BCUT2D eigenvalue weighted by Gasteiger charge is -2.09. The number of nitrogens with zero attached hydrogens (tertiary/aromatic N) is 3. The molecule has 5 heteroatoms. The Hall–Kier alpha value is -1.91. The van der Waals surface area contributed by atoms with Gasteiger partial charge in [-0.2, -0.15) is 0 Å². The number of nitrogens with one attached hydrogen (secondary N) is 1. The van der Waals surface area contributed by atoms with Gasteiger partial charge in [-0.25, -0.2) is 4.39 Å². The third-order valence-electron chi connectivity index (χ3n) is 2.48. The quantitative estimate of drug-likeness (QED) is 0.858. The minimum Gasteiger partial charge on any atom is -0.377 e. The molecule has 1 heterocycles. The molecule has 0 aliphatic rings. The summed E-state index contributed by atoms with van der Waals surface area (Å²) in [6, 6.07) is 5.01. The van der Waals surface area contributed by atoms with Gasteiger partial charge in [0.2, 0.25) is 0 Å². The monoisotopic (exact) mass is 220 g/mol. The number of benzene rings is 1. The number of anilines is 1. The van der Waals surface area contributed by atoms with E-state index in [-0.39, 0.29) is 5.82 Å². The smallest absolute Gasteiger partial charge is 0.146 e. The highest BCUT2D eigenvalue weighted by Crippen LogP contribution is 2.19. The first-order valence-electron chi connectivity index (χ1n) is 5.01. The predicted molar refractivity (Wildman–Crippen MR) is 59.5 cm³/mol. The zero-order valence-electron chi connectivity index (χ0n) is 9.24. The predicted octanol–water partition coefficient (Wildman–Crippen LogP) is 1.87. The molecular weight excluding hydrogens is 207 g/mol. The fraction of sp³-hybridized carbons (Fsp3) is 0.273. The number of para-hydroxylation sites is 1. The Morgan fingerprint density at radius 1 is 1.44 bits per heavy atom. The van der Waals surface area contributed by atoms with Crippen molar-refractivity contribution < 1.29 is 4.39 Å². The van der Waals surface area contributed by atoms with Gasteiger partial charge in [0.25, 0.3) is 0 Å². The van der Waals surface area contributed by atoms with E-state index in [2.05, 4.69) is 15.6 Å². The molecule has 1 aromatic heterocycles. The van der Waals surface area contributed by atoms with E-state index in [4.69, 9.17) is 0 Å². The molecule has 4 nitrogen and oxygen atoms in total. The first-order valence-corrected chi connectivity index (χ1v) is 5.01. The SMILES string of the molecule is Cc1cccc(F)c1NCc1cnnn1C. The number of hydrogen-bond acceptors (Lipinski definition) is 3. The molecule has 2 rings (SSSR count). The second-order valence-corrected chi connectivity index (χ2v) is 3.63. The minimum atomic E-state index is -0.241. The average Bonchev–Trinajstić information content (AvgIpc) is 2.64. The fourth-order valence-electron chi connectivity index (χ4n) is 1.51. The van der Waals surface area contributed by atoms with Crippen LogP contribution in [0.3, 0.4) is 0 Å². The summed E-state index contributed by atoms with van der Waals surface area (Å²) in [6.45, 7) is 2.37. The largest absolute Gasteiger partial charge is 0.377 e. The Morgan fingerprint density at radius 2 is 2.25 bits per heavy atom. The van der Waals surface area contributed by atoms with E-state index < -0.39 is 0 Å². The van der Waals surface area contributed by atoms with Crippen molar-refractivity contribution in [1.82, 2.24) is 15.0 Å². The Balaban J connectivity index is 2.14. The van der Waals surface area contributed by atoms with Crippen molar-refractivity contribution in [2.75, 3.05) is 5.32 Å². The second-order valence-electron chi connectivity index (χ2n) is 3.63. The topological polar surface area (TPSA) is 42.7 Å². The minimum absolute atomic E-state index is 0.241. The molecule has 0 fully saturated rings. The molecule has 1 N–H and O–H groups in total. The van der Waals surface area contributed by atoms with Crippen LogP contribution in [0.1, 0.15) is 11.3 Å². The van der Waals surface area contributed by atoms with E-state index in [0.29, 0.717) is 12.2 Å². The molecule has 0 spiro atoms. The van der Waals surface area contributed by atoms with Gasteiger partial charge in [-0.15, -0.1) is 5.10 Å². The van der Waals surface area contributed by atoms with Crippen LogP contribution in [0.5, 0.6) is 0 Å². The molecule has 0 aliphatic carbocycles. The highest BCUT2D eigenvalue weighted by atomic mass is 19.1. The summed E-state index contributed by atoms with van der Waals surface area (Å²) >= 11 is 0. The summed E-state index contributed by atoms with van der Waals surface area (Å²) < 4.78 is 15.1. The van der Waals surface area contributed by atoms with E-state index >= 15 is 0 Å². The van der Waals surface area contributed by atoms with Crippen LogP contribution in [0.2, 0.25) is 0 Å². The van der Waals surface area contributed by atoms with Gasteiger partial charge in [-0.05, 0) is 18.6 Å². The summed E-state index contributed by atoms with van der Waals surface area (Å²) in [5.41, 5.74) is 2.32. The summed E-state index contributed by atoms with van der Waals surface area (Å²) in [5.74, 6) is -0.241. The maximum absolute atomic E-state index is 13.5. The normalized spacial score (nSPS) is 10.4. The van der Waals surface area contributed by atoms with Crippen molar-refractivity contribution in [3.05, 3.63) is 41.5 Å². The van der Waals surface area contributed by atoms with Crippen LogP contribution >= 0.6 is 0 Å². The van der Waals surface area contributed by atoms with Crippen molar-refractivity contribution in [2.45, 2.75) is 13.5 Å². The molecule has 0 radical (unpaired) electrons. The van der Waals surface area contributed by atoms with Crippen LogP contribution in [0.25, 0.3) is 0 Å². The molecule has 16 heavy (non-hydrogen) atoms. The van der Waals surface area contributed by atoms with E-state index in [1.165, 1.54) is 6.07 Å². The van der Waals surface area contributed by atoms with Crippen molar-refractivity contribution in [3.8, 4) is 0 Å². The summed E-state index contributed by atoms with van der Waals surface area (Å²) in [6.07, 6.45) is 1.66. The van der Waals surface area contributed by atoms with Crippen molar-refractivity contribution in [1.29, 1.82) is 0 Å². The van der Waals surface area contributed by atoms with E-state index in [1.807, 2.05) is 13.0 Å². The van der Waals surface area contributed by atoms with Crippen molar-refractivity contribution in [2.24, 2.45) is 7.05 Å². The van der Waals surface area contributed by atoms with Crippen molar-refractivity contribution >= 4 is 5.69 Å². The molecule has 0 saturated heterocycles. The molecule has 84 valence electrons. The van der Waals surface area contributed by atoms with Gasteiger partial charge in [0.05, 0.1) is 24.1 Å².